The Morgan fingerprint density at radius 3 is 2.73 bits per heavy atom. The van der Waals surface area contributed by atoms with E-state index in [2.05, 4.69) is 22.1 Å². The quantitative estimate of drug-likeness (QED) is 0.788. The van der Waals surface area contributed by atoms with Gasteiger partial charge in [0.1, 0.15) is 0 Å². The molecule has 15 heavy (non-hydrogen) atoms. The summed E-state index contributed by atoms with van der Waals surface area (Å²) in [5, 5.41) is 8.34. The van der Waals surface area contributed by atoms with Crippen LogP contribution in [0.15, 0.2) is 12.1 Å². The van der Waals surface area contributed by atoms with Crippen molar-refractivity contribution in [1.29, 1.82) is 0 Å². The van der Waals surface area contributed by atoms with E-state index in [-0.39, 0.29) is 0 Å². The summed E-state index contributed by atoms with van der Waals surface area (Å²) in [4.78, 5) is 2.31. The van der Waals surface area contributed by atoms with Gasteiger partial charge in [0.2, 0.25) is 0 Å². The van der Waals surface area contributed by atoms with Crippen LogP contribution in [-0.2, 0) is 6.54 Å². The average Bonchev–Trinajstić information content (AvgIpc) is 2.16. The Bertz CT molecular complexity index is 308. The van der Waals surface area contributed by atoms with Gasteiger partial charge in [0.25, 0.3) is 0 Å². The fraction of sp³-hybridized carbons (Fsp3) is 0.636. The highest BCUT2D eigenvalue weighted by atomic mass is 35.5. The molecule has 82 valence electrons. The molecule has 1 aliphatic rings. The molecule has 0 amide bonds. The fourth-order valence-corrected chi connectivity index (χ4v) is 1.99. The van der Waals surface area contributed by atoms with Crippen LogP contribution in [0.5, 0.6) is 0 Å². The van der Waals surface area contributed by atoms with E-state index in [0.29, 0.717) is 5.15 Å². The molecular weight excluding hydrogens is 210 g/mol. The smallest absolute Gasteiger partial charge is 0.151 e. The van der Waals surface area contributed by atoms with E-state index < -0.39 is 0 Å². The van der Waals surface area contributed by atoms with Crippen LogP contribution in [0, 0.1) is 5.92 Å². The molecule has 0 spiro atoms. The van der Waals surface area contributed by atoms with Gasteiger partial charge >= 0.3 is 0 Å². The lowest BCUT2D eigenvalue weighted by molar-refractivity contribution is 0.198. The molecule has 0 atom stereocenters. The van der Waals surface area contributed by atoms with Gasteiger partial charge in [0.05, 0.1) is 5.69 Å². The van der Waals surface area contributed by atoms with Gasteiger partial charge in [-0.2, -0.15) is 5.10 Å². The Hall–Kier alpha value is -0.670. The number of rotatable bonds is 4. The summed E-state index contributed by atoms with van der Waals surface area (Å²) in [7, 11) is 2.13. The monoisotopic (exact) mass is 225 g/mol. The van der Waals surface area contributed by atoms with Gasteiger partial charge < -0.3 is 4.90 Å². The van der Waals surface area contributed by atoms with Crippen molar-refractivity contribution >= 4 is 11.6 Å². The third-order valence-electron chi connectivity index (χ3n) is 2.91. The standard InChI is InChI=1S/C11H16ClN3/c1-15(7-9-3-2-4-9)8-10-5-6-11(12)14-13-10/h5-6,9H,2-4,7-8H2,1H3. The Morgan fingerprint density at radius 2 is 2.20 bits per heavy atom. The van der Waals surface area contributed by atoms with Gasteiger partial charge in [-0.3, -0.25) is 0 Å². The van der Waals surface area contributed by atoms with Crippen molar-refractivity contribution in [1.82, 2.24) is 15.1 Å². The van der Waals surface area contributed by atoms with Gasteiger partial charge in [0, 0.05) is 13.1 Å². The molecule has 1 aliphatic carbocycles. The lowest BCUT2D eigenvalue weighted by Crippen LogP contribution is -2.29. The molecule has 0 bridgehead atoms. The zero-order valence-electron chi connectivity index (χ0n) is 8.99. The minimum atomic E-state index is 0.459. The average molecular weight is 226 g/mol. The van der Waals surface area contributed by atoms with Crippen LogP contribution in [0.2, 0.25) is 5.15 Å². The Morgan fingerprint density at radius 1 is 1.40 bits per heavy atom. The van der Waals surface area contributed by atoms with E-state index in [4.69, 9.17) is 11.6 Å². The number of aromatic nitrogens is 2. The second kappa shape index (κ2) is 4.90. The lowest BCUT2D eigenvalue weighted by Gasteiger charge is -2.29. The van der Waals surface area contributed by atoms with E-state index >= 15 is 0 Å². The first-order chi connectivity index (χ1) is 7.24. The van der Waals surface area contributed by atoms with Crippen LogP contribution in [-0.4, -0.2) is 28.7 Å². The molecule has 0 aliphatic heterocycles. The van der Waals surface area contributed by atoms with Crippen LogP contribution < -0.4 is 0 Å². The van der Waals surface area contributed by atoms with Crippen molar-refractivity contribution in [2.75, 3.05) is 13.6 Å². The summed E-state index contributed by atoms with van der Waals surface area (Å²) in [5.41, 5.74) is 0.987. The van der Waals surface area contributed by atoms with Crippen LogP contribution in [0.3, 0.4) is 0 Å². The number of nitrogens with zero attached hydrogens (tertiary/aromatic N) is 3. The molecule has 0 unspecified atom stereocenters. The largest absolute Gasteiger partial charge is 0.300 e. The van der Waals surface area contributed by atoms with Gasteiger partial charge in [-0.05, 0) is 37.9 Å². The minimum Gasteiger partial charge on any atom is -0.300 e. The highest BCUT2D eigenvalue weighted by molar-refractivity contribution is 6.29. The third kappa shape index (κ3) is 3.14. The zero-order chi connectivity index (χ0) is 10.7. The van der Waals surface area contributed by atoms with Crippen molar-refractivity contribution < 1.29 is 0 Å². The molecule has 1 saturated carbocycles. The Kier molecular flexibility index (Phi) is 3.54. The number of hydrogen-bond acceptors (Lipinski definition) is 3. The van der Waals surface area contributed by atoms with Gasteiger partial charge in [-0.15, -0.1) is 5.10 Å². The fourth-order valence-electron chi connectivity index (χ4n) is 1.89. The van der Waals surface area contributed by atoms with E-state index in [0.717, 1.165) is 18.2 Å². The second-order valence-corrected chi connectivity index (χ2v) is 4.73. The first-order valence-corrected chi connectivity index (χ1v) is 5.78. The van der Waals surface area contributed by atoms with E-state index in [9.17, 15) is 0 Å². The van der Waals surface area contributed by atoms with Crippen molar-refractivity contribution in [2.24, 2.45) is 5.92 Å². The summed E-state index contributed by atoms with van der Waals surface area (Å²) in [6.07, 6.45) is 4.17. The maximum Gasteiger partial charge on any atom is 0.151 e. The van der Waals surface area contributed by atoms with Gasteiger partial charge in [-0.25, -0.2) is 0 Å². The maximum atomic E-state index is 5.68. The Balaban J connectivity index is 1.82. The minimum absolute atomic E-state index is 0.459. The topological polar surface area (TPSA) is 29.0 Å². The normalized spacial score (nSPS) is 16.7. The van der Waals surface area contributed by atoms with Crippen molar-refractivity contribution in [3.63, 3.8) is 0 Å². The molecule has 0 aromatic carbocycles. The van der Waals surface area contributed by atoms with Crippen LogP contribution in [0.25, 0.3) is 0 Å². The van der Waals surface area contributed by atoms with Gasteiger partial charge in [-0.1, -0.05) is 18.0 Å². The molecule has 1 aromatic rings. The molecule has 2 rings (SSSR count). The zero-order valence-corrected chi connectivity index (χ0v) is 9.74. The maximum absolute atomic E-state index is 5.68. The highest BCUT2D eigenvalue weighted by Crippen LogP contribution is 2.26. The molecule has 1 fully saturated rings. The van der Waals surface area contributed by atoms with E-state index in [1.165, 1.54) is 25.8 Å². The van der Waals surface area contributed by atoms with Crippen LogP contribution in [0.1, 0.15) is 25.0 Å². The van der Waals surface area contributed by atoms with Crippen molar-refractivity contribution in [3.8, 4) is 0 Å². The molecular formula is C11H16ClN3. The lowest BCUT2D eigenvalue weighted by atomic mass is 9.85. The summed E-state index contributed by atoms with van der Waals surface area (Å²) in [5.74, 6) is 0.898. The summed E-state index contributed by atoms with van der Waals surface area (Å²) in [6, 6.07) is 3.73. The van der Waals surface area contributed by atoms with Crippen molar-refractivity contribution in [2.45, 2.75) is 25.8 Å². The molecule has 1 heterocycles. The Labute approximate surface area is 95.5 Å². The van der Waals surface area contributed by atoms with Gasteiger partial charge in [0.15, 0.2) is 5.15 Å². The van der Waals surface area contributed by atoms with E-state index in [1.54, 1.807) is 6.07 Å². The molecule has 0 radical (unpaired) electrons. The van der Waals surface area contributed by atoms with Crippen LogP contribution in [0.4, 0.5) is 0 Å². The molecule has 0 N–H and O–H groups in total. The molecule has 3 nitrogen and oxygen atoms in total. The summed E-state index contributed by atoms with van der Waals surface area (Å²) < 4.78 is 0. The summed E-state index contributed by atoms with van der Waals surface area (Å²) >= 11 is 5.68. The van der Waals surface area contributed by atoms with Crippen LogP contribution >= 0.6 is 11.6 Å². The molecule has 1 aromatic heterocycles. The summed E-state index contributed by atoms with van der Waals surface area (Å²) in [6.45, 7) is 2.03. The third-order valence-corrected chi connectivity index (χ3v) is 3.12. The first-order valence-electron chi connectivity index (χ1n) is 5.40. The molecule has 4 heteroatoms. The first kappa shape index (κ1) is 10.8. The predicted octanol–water partition coefficient (Wildman–Crippen LogP) is 2.36. The van der Waals surface area contributed by atoms with E-state index in [1.807, 2.05) is 6.07 Å². The highest BCUT2D eigenvalue weighted by Gasteiger charge is 2.19. The number of halogens is 1. The molecule has 0 saturated heterocycles. The second-order valence-electron chi connectivity index (χ2n) is 4.34. The van der Waals surface area contributed by atoms with Crippen molar-refractivity contribution in [3.05, 3.63) is 23.0 Å². The number of hydrogen-bond donors (Lipinski definition) is 0. The SMILES string of the molecule is CN(Cc1ccc(Cl)nn1)CC1CCC1. The predicted molar refractivity (Wildman–Crippen MR) is 60.7 cm³/mol.